The molecule has 64 heavy (non-hydrogen) atoms. The lowest BCUT2D eigenvalue weighted by Crippen LogP contribution is -2.18. The summed E-state index contributed by atoms with van der Waals surface area (Å²) < 4.78 is 15.4. The van der Waals surface area contributed by atoms with Crippen LogP contribution in [0.3, 0.4) is 0 Å². The molecule has 0 saturated carbocycles. The van der Waals surface area contributed by atoms with Crippen molar-refractivity contribution in [3.05, 3.63) is 166 Å². The highest BCUT2D eigenvalue weighted by Crippen LogP contribution is 2.20. The number of carbonyl (C=O) groups excluding carboxylic acids is 2. The second kappa shape index (κ2) is 24.7. The molecule has 7 aromatic rings. The van der Waals surface area contributed by atoms with E-state index in [4.69, 9.17) is 15.2 Å². The number of hydrogen-bond donors (Lipinski definition) is 3. The van der Waals surface area contributed by atoms with E-state index in [9.17, 15) is 19.5 Å². The van der Waals surface area contributed by atoms with Crippen molar-refractivity contribution in [2.75, 3.05) is 59.8 Å². The number of carbonyl (C=O) groups is 3. The summed E-state index contributed by atoms with van der Waals surface area (Å²) in [5, 5.41) is 22.0. The number of carboxylic acids is 1. The number of nitrogens with zero attached hydrogens (tertiary/aromatic N) is 7. The van der Waals surface area contributed by atoms with Crippen LogP contribution < -0.4 is 20.5 Å². The maximum Gasteiger partial charge on any atom is 0.354 e. The number of nitrogens with one attached hydrogen (secondary N) is 1. The van der Waals surface area contributed by atoms with Gasteiger partial charge in [-0.05, 0) is 88.6 Å². The van der Waals surface area contributed by atoms with Gasteiger partial charge in [-0.25, -0.2) is 9.48 Å². The molecule has 0 unspecified atom stereocenters. The average Bonchev–Trinajstić information content (AvgIpc) is 3.88. The number of carboxylic acid groups (broad SMARTS) is 1. The fraction of sp³-hybridized carbons (Fsp3) is 0.250. The largest absolute Gasteiger partial charge is 0.477 e. The Morgan fingerprint density at radius 1 is 0.688 bits per heavy atom. The Bertz CT molecular complexity index is 2550. The molecule has 0 spiro atoms. The predicted octanol–water partition coefficient (Wildman–Crippen LogP) is 7.57. The van der Waals surface area contributed by atoms with Crippen LogP contribution in [0, 0.1) is 0 Å². The molecule has 0 fully saturated rings. The molecule has 0 radical (unpaired) electrons. The molecule has 0 bridgehead atoms. The number of hydrogen-bond acceptors (Lipinski definition) is 10. The van der Waals surface area contributed by atoms with Gasteiger partial charge in [0.05, 0.1) is 43.7 Å². The number of primary amides is 1. The van der Waals surface area contributed by atoms with E-state index in [0.717, 1.165) is 52.4 Å². The number of ether oxygens (including phenoxy) is 2. The molecular formula is C48H54BrN9O6. The van der Waals surface area contributed by atoms with Crippen LogP contribution >= 0.6 is 15.9 Å². The molecule has 0 aliphatic carbocycles. The van der Waals surface area contributed by atoms with E-state index in [-0.39, 0.29) is 11.6 Å². The van der Waals surface area contributed by atoms with Crippen LogP contribution in [0.4, 0.5) is 5.69 Å². The van der Waals surface area contributed by atoms with E-state index in [1.54, 1.807) is 41.2 Å². The number of aromatic carboxylic acids is 1. The van der Waals surface area contributed by atoms with Crippen LogP contribution in [0.25, 0.3) is 10.9 Å². The molecule has 0 atom stereocenters. The quantitative estimate of drug-likeness (QED) is 0.0722. The van der Waals surface area contributed by atoms with E-state index >= 15 is 0 Å². The Kier molecular flexibility index (Phi) is 18.6. The first-order valence-corrected chi connectivity index (χ1v) is 21.4. The standard InChI is InChI=1S/C25H27N5O2.C16H21N3O3.C7H6BrNO/c1-29(2)13-8-14-32-24-16-23(30(28-24)18-19-9-4-3-5-10-19)25(31)27-21-15-20-11-6-7-12-22(20)26-17-21;1-18(2)9-6-10-22-15-11-14(16(20)21)19(17-15)12-13-7-4-3-5-8-13;8-6-3-1-5(2-4-6)7(9)10/h3-7,9-12,15-17H,8,13-14,18H2,1-2H3,(H,27,31);3-5,7-8,11H,6,9-10,12H2,1-2H3,(H,20,21);1-4H,(H2,9,10). The molecule has 16 heteroatoms. The van der Waals surface area contributed by atoms with Gasteiger partial charge in [0.1, 0.15) is 5.69 Å². The molecule has 3 heterocycles. The Hall–Kier alpha value is -6.88. The van der Waals surface area contributed by atoms with Crippen LogP contribution in [0.1, 0.15) is 55.3 Å². The summed E-state index contributed by atoms with van der Waals surface area (Å²) in [5.41, 5.74) is 9.67. The highest BCUT2D eigenvalue weighted by molar-refractivity contribution is 9.10. The van der Waals surface area contributed by atoms with Crippen molar-refractivity contribution in [2.45, 2.75) is 25.9 Å². The van der Waals surface area contributed by atoms with E-state index in [0.29, 0.717) is 55.0 Å². The van der Waals surface area contributed by atoms with Gasteiger partial charge < -0.3 is 35.4 Å². The minimum atomic E-state index is -1.01. The van der Waals surface area contributed by atoms with Crippen LogP contribution in [0.5, 0.6) is 11.8 Å². The maximum absolute atomic E-state index is 13.1. The molecule has 4 N–H and O–H groups in total. The number of pyridine rings is 1. The SMILES string of the molecule is CN(C)CCCOc1cc(C(=O)Nc2cnc3ccccc3c2)n(Cc2ccccc2)n1.CN(C)CCCOc1cc(C(=O)O)n(Cc2ccccc2)n1.NC(=O)c1ccc(Br)cc1. The molecule has 334 valence electrons. The Labute approximate surface area is 381 Å². The fourth-order valence-corrected chi connectivity index (χ4v) is 6.36. The second-order valence-electron chi connectivity index (χ2n) is 15.1. The predicted molar refractivity (Wildman–Crippen MR) is 252 cm³/mol. The number of halogens is 1. The molecule has 0 aliphatic heterocycles. The van der Waals surface area contributed by atoms with Crippen molar-refractivity contribution < 1.29 is 29.0 Å². The molecule has 7 rings (SSSR count). The van der Waals surface area contributed by atoms with Gasteiger partial charge in [-0.3, -0.25) is 19.3 Å². The molecular weight excluding hydrogens is 878 g/mol. The number of amides is 2. The van der Waals surface area contributed by atoms with Gasteiger partial charge in [0.25, 0.3) is 5.91 Å². The fourth-order valence-electron chi connectivity index (χ4n) is 6.10. The number of aromatic nitrogens is 5. The van der Waals surface area contributed by atoms with Gasteiger partial charge in [0, 0.05) is 40.6 Å². The normalized spacial score (nSPS) is 10.7. The third-order valence-corrected chi connectivity index (χ3v) is 9.82. The third-order valence-electron chi connectivity index (χ3n) is 9.29. The van der Waals surface area contributed by atoms with Crippen LogP contribution in [-0.4, -0.2) is 112 Å². The van der Waals surface area contributed by atoms with E-state index in [1.165, 1.54) is 10.7 Å². The van der Waals surface area contributed by atoms with Gasteiger partial charge >= 0.3 is 5.97 Å². The number of para-hydroxylation sites is 1. The van der Waals surface area contributed by atoms with Crippen molar-refractivity contribution >= 4 is 50.3 Å². The molecule has 2 amide bonds. The lowest BCUT2D eigenvalue weighted by molar-refractivity contribution is 0.0683. The molecule has 4 aromatic carbocycles. The minimum Gasteiger partial charge on any atom is -0.477 e. The molecule has 3 aromatic heterocycles. The zero-order valence-electron chi connectivity index (χ0n) is 36.4. The zero-order valence-corrected chi connectivity index (χ0v) is 38.0. The lowest BCUT2D eigenvalue weighted by Gasteiger charge is -2.09. The number of rotatable bonds is 18. The van der Waals surface area contributed by atoms with Gasteiger partial charge in [-0.2, -0.15) is 0 Å². The van der Waals surface area contributed by atoms with Crippen molar-refractivity contribution in [1.29, 1.82) is 0 Å². The Morgan fingerprint density at radius 3 is 1.70 bits per heavy atom. The monoisotopic (exact) mass is 931 g/mol. The summed E-state index contributed by atoms with van der Waals surface area (Å²) in [6.45, 7) is 3.77. The summed E-state index contributed by atoms with van der Waals surface area (Å²) in [6.07, 6.45) is 3.40. The smallest absolute Gasteiger partial charge is 0.354 e. The van der Waals surface area contributed by atoms with Crippen LogP contribution in [0.15, 0.2) is 138 Å². The first-order chi connectivity index (χ1) is 30.8. The molecule has 15 nitrogen and oxygen atoms in total. The summed E-state index contributed by atoms with van der Waals surface area (Å²) in [5.74, 6) is -0.860. The summed E-state index contributed by atoms with van der Waals surface area (Å²) in [7, 11) is 8.05. The highest BCUT2D eigenvalue weighted by Gasteiger charge is 2.18. The highest BCUT2D eigenvalue weighted by atomic mass is 79.9. The zero-order chi connectivity index (χ0) is 45.8. The van der Waals surface area contributed by atoms with Gasteiger partial charge in [-0.15, -0.1) is 10.2 Å². The van der Waals surface area contributed by atoms with Crippen molar-refractivity contribution in [3.8, 4) is 11.8 Å². The van der Waals surface area contributed by atoms with Gasteiger partial charge in [-0.1, -0.05) is 94.8 Å². The first-order valence-electron chi connectivity index (χ1n) is 20.6. The number of fused-ring (bicyclic) bond motifs is 1. The van der Waals surface area contributed by atoms with Crippen molar-refractivity contribution in [2.24, 2.45) is 5.73 Å². The van der Waals surface area contributed by atoms with Crippen LogP contribution in [0.2, 0.25) is 0 Å². The topological polar surface area (TPSA) is 183 Å². The Morgan fingerprint density at radius 2 is 1.19 bits per heavy atom. The number of benzene rings is 4. The summed E-state index contributed by atoms with van der Waals surface area (Å²) in [6, 6.07) is 39.3. The van der Waals surface area contributed by atoms with Crippen molar-refractivity contribution in [1.82, 2.24) is 34.3 Å². The maximum atomic E-state index is 13.1. The minimum absolute atomic E-state index is 0.131. The lowest BCUT2D eigenvalue weighted by atomic mass is 10.2. The molecule has 0 aliphatic rings. The first kappa shape index (κ1) is 48.2. The molecule has 0 saturated heterocycles. The van der Waals surface area contributed by atoms with E-state index < -0.39 is 11.9 Å². The number of anilines is 1. The Balaban J connectivity index is 0.000000207. The number of nitrogens with two attached hydrogens (primary N) is 1. The van der Waals surface area contributed by atoms with E-state index in [2.05, 4.69) is 46.2 Å². The average molecular weight is 933 g/mol. The summed E-state index contributed by atoms with van der Waals surface area (Å²) >= 11 is 3.24. The summed E-state index contributed by atoms with van der Waals surface area (Å²) in [4.78, 5) is 43.6. The van der Waals surface area contributed by atoms with Crippen LogP contribution in [-0.2, 0) is 13.1 Å². The van der Waals surface area contributed by atoms with E-state index in [1.807, 2.05) is 119 Å². The van der Waals surface area contributed by atoms with Gasteiger partial charge in [0.15, 0.2) is 5.69 Å². The third kappa shape index (κ3) is 15.8. The second-order valence-corrected chi connectivity index (χ2v) is 16.0. The van der Waals surface area contributed by atoms with Gasteiger partial charge in [0.2, 0.25) is 17.7 Å². The van der Waals surface area contributed by atoms with Crippen molar-refractivity contribution in [3.63, 3.8) is 0 Å².